The van der Waals surface area contributed by atoms with Gasteiger partial charge in [-0.15, -0.1) is 11.8 Å². The molecule has 4 nitrogen and oxygen atoms in total. The van der Waals surface area contributed by atoms with Crippen LogP contribution in [0.15, 0.2) is 29.2 Å². The van der Waals surface area contributed by atoms with Crippen LogP contribution in [-0.2, 0) is 0 Å². The van der Waals surface area contributed by atoms with Crippen molar-refractivity contribution in [3.63, 3.8) is 0 Å². The molecule has 1 aromatic carbocycles. The maximum Gasteiger partial charge on any atom is 0.270 e. The number of hydrogen-bond donors (Lipinski definition) is 0. The molecule has 0 saturated heterocycles. The van der Waals surface area contributed by atoms with Gasteiger partial charge in [0.15, 0.2) is 0 Å². The molecular formula is C11H10N2O2S. The number of nitro groups is 1. The van der Waals surface area contributed by atoms with Gasteiger partial charge in [-0.3, -0.25) is 15.1 Å². The van der Waals surface area contributed by atoms with E-state index in [9.17, 15) is 10.1 Å². The minimum absolute atomic E-state index is 0.105. The molecule has 0 radical (unpaired) electrons. The van der Waals surface area contributed by atoms with Crippen molar-refractivity contribution in [2.24, 2.45) is 0 Å². The number of non-ortho nitro benzene ring substituents is 1. The fourth-order valence-corrected chi connectivity index (χ4v) is 2.26. The number of thioether (sulfide) groups is 1. The summed E-state index contributed by atoms with van der Waals surface area (Å²) in [5.74, 6) is 0. The Morgan fingerprint density at radius 1 is 1.38 bits per heavy atom. The summed E-state index contributed by atoms with van der Waals surface area (Å²) in [5, 5.41) is 11.5. The predicted molar refractivity (Wildman–Crippen MR) is 64.9 cm³/mol. The number of hydrogen-bond acceptors (Lipinski definition) is 4. The monoisotopic (exact) mass is 234 g/mol. The highest BCUT2D eigenvalue weighted by molar-refractivity contribution is 7.98. The maximum absolute atomic E-state index is 10.7. The molecule has 1 aromatic heterocycles. The average molecular weight is 234 g/mol. The third kappa shape index (κ3) is 1.86. The summed E-state index contributed by atoms with van der Waals surface area (Å²) >= 11 is 1.57. The summed E-state index contributed by atoms with van der Waals surface area (Å²) in [5.41, 5.74) is 1.83. The van der Waals surface area contributed by atoms with Crippen LogP contribution in [-0.4, -0.2) is 16.2 Å². The van der Waals surface area contributed by atoms with Gasteiger partial charge in [-0.1, -0.05) is 0 Å². The van der Waals surface area contributed by atoms with Gasteiger partial charge in [0.05, 0.1) is 10.4 Å². The van der Waals surface area contributed by atoms with Crippen LogP contribution >= 0.6 is 11.8 Å². The minimum atomic E-state index is -0.386. The van der Waals surface area contributed by atoms with Gasteiger partial charge in [0.25, 0.3) is 5.69 Å². The molecule has 0 amide bonds. The third-order valence-electron chi connectivity index (χ3n) is 2.31. The molecule has 0 spiro atoms. The van der Waals surface area contributed by atoms with E-state index < -0.39 is 0 Å². The first kappa shape index (κ1) is 10.9. The lowest BCUT2D eigenvalue weighted by atomic mass is 10.2. The van der Waals surface area contributed by atoms with Crippen molar-refractivity contribution in [3.05, 3.63) is 40.1 Å². The third-order valence-corrected chi connectivity index (χ3v) is 3.09. The SMILES string of the molecule is CSc1cc(C)nc2ccc([N+](=O)[O-])cc12. The van der Waals surface area contributed by atoms with Crippen LogP contribution in [0.1, 0.15) is 5.69 Å². The van der Waals surface area contributed by atoms with Gasteiger partial charge in [0.2, 0.25) is 0 Å². The molecule has 2 rings (SSSR count). The molecule has 0 fully saturated rings. The van der Waals surface area contributed by atoms with Crippen LogP contribution in [0, 0.1) is 17.0 Å². The van der Waals surface area contributed by atoms with Gasteiger partial charge in [0, 0.05) is 28.1 Å². The lowest BCUT2D eigenvalue weighted by Crippen LogP contribution is -1.90. The van der Waals surface area contributed by atoms with Crippen molar-refractivity contribution in [2.75, 3.05) is 6.26 Å². The van der Waals surface area contributed by atoms with Crippen molar-refractivity contribution in [3.8, 4) is 0 Å². The lowest BCUT2D eigenvalue weighted by Gasteiger charge is -2.04. The van der Waals surface area contributed by atoms with E-state index >= 15 is 0 Å². The van der Waals surface area contributed by atoms with Gasteiger partial charge in [0.1, 0.15) is 0 Å². The maximum atomic E-state index is 10.7. The smallest absolute Gasteiger partial charge is 0.258 e. The first-order chi connectivity index (χ1) is 7.61. The summed E-state index contributed by atoms with van der Waals surface area (Å²) in [4.78, 5) is 15.7. The highest BCUT2D eigenvalue weighted by Gasteiger charge is 2.09. The summed E-state index contributed by atoms with van der Waals surface area (Å²) in [6.45, 7) is 1.92. The van der Waals surface area contributed by atoms with Crippen molar-refractivity contribution < 1.29 is 4.92 Å². The highest BCUT2D eigenvalue weighted by Crippen LogP contribution is 2.28. The molecule has 0 aliphatic rings. The Morgan fingerprint density at radius 3 is 2.75 bits per heavy atom. The van der Waals surface area contributed by atoms with E-state index in [1.165, 1.54) is 6.07 Å². The van der Waals surface area contributed by atoms with Crippen LogP contribution in [0.5, 0.6) is 0 Å². The standard InChI is InChI=1S/C11H10N2O2S/c1-7-5-11(16-2)9-6-8(13(14)15)3-4-10(9)12-7/h3-6H,1-2H3. The number of rotatable bonds is 2. The number of nitro benzene ring substituents is 1. The second-order valence-electron chi connectivity index (χ2n) is 3.42. The molecule has 0 aliphatic carbocycles. The van der Waals surface area contributed by atoms with Crippen molar-refractivity contribution in [1.29, 1.82) is 0 Å². The van der Waals surface area contributed by atoms with E-state index in [1.807, 2.05) is 19.2 Å². The summed E-state index contributed by atoms with van der Waals surface area (Å²) in [6.07, 6.45) is 1.95. The number of aryl methyl sites for hydroxylation is 1. The van der Waals surface area contributed by atoms with E-state index in [1.54, 1.807) is 23.9 Å². The van der Waals surface area contributed by atoms with Gasteiger partial charge in [-0.25, -0.2) is 0 Å². The van der Waals surface area contributed by atoms with E-state index in [0.717, 1.165) is 21.5 Å². The zero-order valence-corrected chi connectivity index (χ0v) is 9.75. The fraction of sp³-hybridized carbons (Fsp3) is 0.182. The molecule has 16 heavy (non-hydrogen) atoms. The molecule has 82 valence electrons. The Kier molecular flexibility index (Phi) is 2.78. The van der Waals surface area contributed by atoms with Crippen LogP contribution in [0.25, 0.3) is 10.9 Å². The van der Waals surface area contributed by atoms with Crippen LogP contribution < -0.4 is 0 Å². The molecule has 5 heteroatoms. The number of aromatic nitrogens is 1. The average Bonchev–Trinajstić information content (AvgIpc) is 2.27. The van der Waals surface area contributed by atoms with Crippen molar-refractivity contribution in [2.45, 2.75) is 11.8 Å². The number of benzene rings is 1. The second-order valence-corrected chi connectivity index (χ2v) is 4.27. The molecule has 0 atom stereocenters. The van der Waals surface area contributed by atoms with E-state index in [2.05, 4.69) is 4.98 Å². The molecule has 0 aliphatic heterocycles. The molecule has 0 saturated carbocycles. The Balaban J connectivity index is 2.75. The Hall–Kier alpha value is -1.62. The van der Waals surface area contributed by atoms with Crippen LogP contribution in [0.4, 0.5) is 5.69 Å². The molecule has 0 N–H and O–H groups in total. The summed E-state index contributed by atoms with van der Waals surface area (Å²) in [6, 6.07) is 6.70. The fourth-order valence-electron chi connectivity index (χ4n) is 1.59. The van der Waals surface area contributed by atoms with Crippen molar-refractivity contribution >= 4 is 28.4 Å². The Bertz CT molecular complexity index is 569. The molecular weight excluding hydrogens is 224 g/mol. The highest BCUT2D eigenvalue weighted by atomic mass is 32.2. The van der Waals surface area contributed by atoms with Crippen LogP contribution in [0.3, 0.4) is 0 Å². The molecule has 0 unspecified atom stereocenters. The number of pyridine rings is 1. The van der Waals surface area contributed by atoms with E-state index in [0.29, 0.717) is 0 Å². The van der Waals surface area contributed by atoms with Crippen molar-refractivity contribution in [1.82, 2.24) is 4.98 Å². The normalized spacial score (nSPS) is 10.6. The second kappa shape index (κ2) is 4.09. The number of nitrogens with zero attached hydrogens (tertiary/aromatic N) is 2. The van der Waals surface area contributed by atoms with Gasteiger partial charge >= 0.3 is 0 Å². The number of fused-ring (bicyclic) bond motifs is 1. The first-order valence-electron chi connectivity index (χ1n) is 4.71. The zero-order chi connectivity index (χ0) is 11.7. The Morgan fingerprint density at radius 2 is 2.12 bits per heavy atom. The molecule has 2 aromatic rings. The topological polar surface area (TPSA) is 56.0 Å². The Labute approximate surface area is 96.8 Å². The zero-order valence-electron chi connectivity index (χ0n) is 8.93. The summed E-state index contributed by atoms with van der Waals surface area (Å²) < 4.78 is 0. The lowest BCUT2D eigenvalue weighted by molar-refractivity contribution is -0.384. The van der Waals surface area contributed by atoms with E-state index in [4.69, 9.17) is 0 Å². The quantitative estimate of drug-likeness (QED) is 0.455. The van der Waals surface area contributed by atoms with E-state index in [-0.39, 0.29) is 10.6 Å². The molecule has 1 heterocycles. The summed E-state index contributed by atoms with van der Waals surface area (Å²) in [7, 11) is 0. The predicted octanol–water partition coefficient (Wildman–Crippen LogP) is 3.17. The largest absolute Gasteiger partial charge is 0.270 e. The van der Waals surface area contributed by atoms with Gasteiger partial charge < -0.3 is 0 Å². The first-order valence-corrected chi connectivity index (χ1v) is 5.94. The van der Waals surface area contributed by atoms with Gasteiger partial charge in [-0.05, 0) is 25.3 Å². The minimum Gasteiger partial charge on any atom is -0.258 e. The van der Waals surface area contributed by atoms with Gasteiger partial charge in [-0.2, -0.15) is 0 Å². The van der Waals surface area contributed by atoms with Crippen LogP contribution in [0.2, 0.25) is 0 Å². The molecule has 0 bridgehead atoms.